The maximum absolute atomic E-state index is 13.1. The third kappa shape index (κ3) is 4.23. The molecule has 0 spiro atoms. The number of thioether (sulfide) groups is 1. The summed E-state index contributed by atoms with van der Waals surface area (Å²) in [7, 11) is 0. The highest BCUT2D eigenvalue weighted by molar-refractivity contribution is 8.00. The Hall–Kier alpha value is -3.07. The SMILES string of the molecule is Cc1ccc2nccc(C(C)C3NC(=O)N(c4ccc(SC(F)(F)F)cc4)C3=O)c2c1. The normalized spacial score (nSPS) is 17.8. The van der Waals surface area contributed by atoms with Gasteiger partial charge in [0.05, 0.1) is 11.2 Å². The van der Waals surface area contributed by atoms with Crippen molar-refractivity contribution in [3.8, 4) is 0 Å². The maximum atomic E-state index is 13.1. The smallest absolute Gasteiger partial charge is 0.325 e. The van der Waals surface area contributed by atoms with Crippen LogP contribution in [0.25, 0.3) is 10.9 Å². The summed E-state index contributed by atoms with van der Waals surface area (Å²) in [4.78, 5) is 31.0. The molecule has 3 amide bonds. The number of aryl methyl sites for hydroxylation is 1. The molecular formula is C22H18F3N3O2S. The summed E-state index contributed by atoms with van der Waals surface area (Å²) in [5, 5.41) is 3.62. The molecule has 160 valence electrons. The quantitative estimate of drug-likeness (QED) is 0.432. The Bertz CT molecular complexity index is 1160. The van der Waals surface area contributed by atoms with E-state index in [1.165, 1.54) is 24.3 Å². The van der Waals surface area contributed by atoms with Crippen molar-refractivity contribution in [2.24, 2.45) is 0 Å². The van der Waals surface area contributed by atoms with E-state index in [1.807, 2.05) is 38.1 Å². The molecule has 1 aliphatic rings. The zero-order valence-corrected chi connectivity index (χ0v) is 17.4. The van der Waals surface area contributed by atoms with E-state index in [1.54, 1.807) is 6.20 Å². The number of halogens is 3. The Kier molecular flexibility index (Phi) is 5.38. The van der Waals surface area contributed by atoms with Crippen molar-refractivity contribution >= 4 is 40.3 Å². The number of amides is 3. The van der Waals surface area contributed by atoms with Crippen LogP contribution >= 0.6 is 11.8 Å². The summed E-state index contributed by atoms with van der Waals surface area (Å²) in [5.41, 5.74) is -1.46. The van der Waals surface area contributed by atoms with E-state index in [4.69, 9.17) is 0 Å². The first-order valence-electron chi connectivity index (χ1n) is 9.49. The molecule has 2 unspecified atom stereocenters. The maximum Gasteiger partial charge on any atom is 0.446 e. The van der Waals surface area contributed by atoms with Crippen molar-refractivity contribution < 1.29 is 22.8 Å². The first-order valence-corrected chi connectivity index (χ1v) is 10.3. The number of aromatic nitrogens is 1. The molecule has 0 saturated carbocycles. The van der Waals surface area contributed by atoms with Gasteiger partial charge in [-0.15, -0.1) is 0 Å². The fraction of sp³-hybridized carbons (Fsp3) is 0.227. The fourth-order valence-corrected chi connectivity index (χ4v) is 4.28. The Balaban J connectivity index is 1.61. The number of benzene rings is 2. The fourth-order valence-electron chi connectivity index (χ4n) is 3.74. The van der Waals surface area contributed by atoms with Gasteiger partial charge in [0.15, 0.2) is 0 Å². The lowest BCUT2D eigenvalue weighted by Crippen LogP contribution is -2.35. The topological polar surface area (TPSA) is 62.3 Å². The molecule has 1 aromatic heterocycles. The lowest BCUT2D eigenvalue weighted by molar-refractivity contribution is -0.118. The number of nitrogens with zero attached hydrogens (tertiary/aromatic N) is 2. The summed E-state index contributed by atoms with van der Waals surface area (Å²) in [6.45, 7) is 3.82. The molecule has 0 aliphatic carbocycles. The van der Waals surface area contributed by atoms with Gasteiger partial charge in [-0.05, 0) is 66.7 Å². The molecule has 2 heterocycles. The summed E-state index contributed by atoms with van der Waals surface area (Å²) in [5.74, 6) is -0.792. The number of hydrogen-bond donors (Lipinski definition) is 1. The molecule has 1 fully saturated rings. The van der Waals surface area contributed by atoms with Gasteiger partial charge in [0.2, 0.25) is 0 Å². The molecular weight excluding hydrogens is 427 g/mol. The molecule has 1 aliphatic heterocycles. The molecule has 2 atom stereocenters. The molecule has 4 rings (SSSR count). The molecule has 2 aromatic carbocycles. The van der Waals surface area contributed by atoms with Crippen LogP contribution < -0.4 is 10.2 Å². The second kappa shape index (κ2) is 7.88. The zero-order chi connectivity index (χ0) is 22.3. The average Bonchev–Trinajstić information content (AvgIpc) is 3.00. The van der Waals surface area contributed by atoms with Crippen LogP contribution in [0.1, 0.15) is 24.0 Å². The Morgan fingerprint density at radius 3 is 2.48 bits per heavy atom. The summed E-state index contributed by atoms with van der Waals surface area (Å²) in [6.07, 6.45) is 1.67. The third-order valence-corrected chi connectivity index (χ3v) is 5.96. The predicted molar refractivity (Wildman–Crippen MR) is 113 cm³/mol. The van der Waals surface area contributed by atoms with Crippen molar-refractivity contribution in [3.63, 3.8) is 0 Å². The van der Waals surface area contributed by atoms with Gasteiger partial charge in [0.25, 0.3) is 5.91 Å². The number of hydrogen-bond acceptors (Lipinski definition) is 4. The van der Waals surface area contributed by atoms with Gasteiger partial charge in [-0.1, -0.05) is 18.6 Å². The van der Waals surface area contributed by atoms with Crippen LogP contribution in [0.2, 0.25) is 0 Å². The molecule has 3 aromatic rings. The third-order valence-electron chi connectivity index (χ3n) is 5.22. The number of imide groups is 1. The Morgan fingerprint density at radius 2 is 1.81 bits per heavy atom. The number of alkyl halides is 3. The van der Waals surface area contributed by atoms with Crippen LogP contribution in [-0.4, -0.2) is 28.5 Å². The van der Waals surface area contributed by atoms with Crippen LogP contribution in [0.5, 0.6) is 0 Å². The second-order valence-corrected chi connectivity index (χ2v) is 8.49. The van der Waals surface area contributed by atoms with Gasteiger partial charge in [0, 0.05) is 22.4 Å². The van der Waals surface area contributed by atoms with Crippen LogP contribution in [0, 0.1) is 6.92 Å². The van der Waals surface area contributed by atoms with E-state index >= 15 is 0 Å². The highest BCUT2D eigenvalue weighted by atomic mass is 32.2. The number of urea groups is 1. The van der Waals surface area contributed by atoms with Crippen LogP contribution in [0.3, 0.4) is 0 Å². The van der Waals surface area contributed by atoms with Crippen molar-refractivity contribution in [3.05, 3.63) is 65.9 Å². The minimum absolute atomic E-state index is 0.0214. The minimum Gasteiger partial charge on any atom is -0.325 e. The number of rotatable bonds is 4. The molecule has 1 saturated heterocycles. The first-order chi connectivity index (χ1) is 14.6. The van der Waals surface area contributed by atoms with Gasteiger partial charge < -0.3 is 5.32 Å². The highest BCUT2D eigenvalue weighted by Gasteiger charge is 2.42. The molecule has 0 bridgehead atoms. The Morgan fingerprint density at radius 1 is 1.10 bits per heavy atom. The molecule has 0 radical (unpaired) electrons. The van der Waals surface area contributed by atoms with Crippen molar-refractivity contribution in [2.45, 2.75) is 36.2 Å². The molecule has 9 heteroatoms. The van der Waals surface area contributed by atoms with Gasteiger partial charge in [0.1, 0.15) is 6.04 Å². The standard InChI is InChI=1S/C22H18F3N3O2S/c1-12-3-8-18-17(11-12)16(9-10-26-18)13(2)19-20(29)28(21(30)27-19)14-4-6-15(7-5-14)31-22(23,24)25/h3-11,13,19H,1-2H3,(H,27,30). The predicted octanol–water partition coefficient (Wildman–Crippen LogP) is 5.38. The summed E-state index contributed by atoms with van der Waals surface area (Å²) >= 11 is -0.251. The second-order valence-electron chi connectivity index (χ2n) is 7.35. The van der Waals surface area contributed by atoms with Gasteiger partial charge in [-0.25, -0.2) is 9.69 Å². The minimum atomic E-state index is -4.41. The first kappa shape index (κ1) is 21.2. The number of carbonyl (C=O) groups excluding carboxylic acids is 2. The lowest BCUT2D eigenvalue weighted by atomic mass is 9.90. The Labute approximate surface area is 180 Å². The molecule has 31 heavy (non-hydrogen) atoms. The van der Waals surface area contributed by atoms with E-state index < -0.39 is 23.5 Å². The van der Waals surface area contributed by atoms with E-state index in [-0.39, 0.29) is 28.3 Å². The van der Waals surface area contributed by atoms with E-state index in [0.717, 1.165) is 26.9 Å². The van der Waals surface area contributed by atoms with Crippen LogP contribution in [-0.2, 0) is 4.79 Å². The number of anilines is 1. The molecule has 5 nitrogen and oxygen atoms in total. The van der Waals surface area contributed by atoms with Gasteiger partial charge >= 0.3 is 11.5 Å². The largest absolute Gasteiger partial charge is 0.446 e. The number of fused-ring (bicyclic) bond motifs is 1. The van der Waals surface area contributed by atoms with E-state index in [9.17, 15) is 22.8 Å². The monoisotopic (exact) mass is 445 g/mol. The summed E-state index contributed by atoms with van der Waals surface area (Å²) in [6, 6.07) is 11.4. The highest BCUT2D eigenvalue weighted by Crippen LogP contribution is 2.38. The van der Waals surface area contributed by atoms with Crippen molar-refractivity contribution in [2.75, 3.05) is 4.90 Å². The van der Waals surface area contributed by atoms with Gasteiger partial charge in [-0.3, -0.25) is 9.78 Å². The van der Waals surface area contributed by atoms with Crippen molar-refractivity contribution in [1.29, 1.82) is 0 Å². The number of nitrogens with one attached hydrogen (secondary N) is 1. The van der Waals surface area contributed by atoms with E-state index in [0.29, 0.717) is 0 Å². The van der Waals surface area contributed by atoms with Crippen LogP contribution in [0.4, 0.5) is 23.7 Å². The van der Waals surface area contributed by atoms with Crippen LogP contribution in [0.15, 0.2) is 59.6 Å². The number of carbonyl (C=O) groups is 2. The van der Waals surface area contributed by atoms with Gasteiger partial charge in [-0.2, -0.15) is 13.2 Å². The lowest BCUT2D eigenvalue weighted by Gasteiger charge is -2.20. The van der Waals surface area contributed by atoms with E-state index in [2.05, 4.69) is 10.3 Å². The number of pyridine rings is 1. The summed E-state index contributed by atoms with van der Waals surface area (Å²) < 4.78 is 37.6. The molecule has 1 N–H and O–H groups in total. The average molecular weight is 445 g/mol. The zero-order valence-electron chi connectivity index (χ0n) is 16.6. The van der Waals surface area contributed by atoms with Crippen molar-refractivity contribution in [1.82, 2.24) is 10.3 Å².